The van der Waals surface area contributed by atoms with Gasteiger partial charge in [0, 0.05) is 13.1 Å². The highest BCUT2D eigenvalue weighted by Crippen LogP contribution is 2.25. The second kappa shape index (κ2) is 11.9. The summed E-state index contributed by atoms with van der Waals surface area (Å²) in [6, 6.07) is 11.7. The predicted molar refractivity (Wildman–Crippen MR) is 137 cm³/mol. The first-order valence-corrected chi connectivity index (χ1v) is 15.0. The number of ether oxygens (including phenoxy) is 2. The van der Waals surface area contributed by atoms with Gasteiger partial charge in [-0.1, -0.05) is 6.92 Å². The first kappa shape index (κ1) is 27.8. The number of carbonyl (C=O) groups excluding carboxylic acids is 1. The van der Waals surface area contributed by atoms with Crippen LogP contribution in [0.15, 0.2) is 53.4 Å². The zero-order chi connectivity index (χ0) is 26.3. The molecule has 0 aromatic heterocycles. The molecule has 3 rings (SSSR count). The summed E-state index contributed by atoms with van der Waals surface area (Å²) in [5, 5.41) is 2.72. The van der Waals surface area contributed by atoms with Crippen LogP contribution in [0.1, 0.15) is 26.2 Å². The molecule has 1 aliphatic heterocycles. The molecule has 1 aliphatic rings. The van der Waals surface area contributed by atoms with Crippen molar-refractivity contribution in [3.63, 3.8) is 0 Å². The van der Waals surface area contributed by atoms with E-state index in [-0.39, 0.29) is 24.5 Å². The lowest BCUT2D eigenvalue weighted by Crippen LogP contribution is -2.50. The van der Waals surface area contributed by atoms with Crippen molar-refractivity contribution in [2.75, 3.05) is 43.9 Å². The second-order valence-electron chi connectivity index (χ2n) is 8.40. The second-order valence-corrected chi connectivity index (χ2v) is 12.2. The van der Waals surface area contributed by atoms with Crippen molar-refractivity contribution in [2.45, 2.75) is 37.1 Å². The van der Waals surface area contributed by atoms with Crippen molar-refractivity contribution < 1.29 is 31.1 Å². The Balaban J connectivity index is 1.57. The van der Waals surface area contributed by atoms with Gasteiger partial charge in [0.1, 0.15) is 24.1 Å². The van der Waals surface area contributed by atoms with Gasteiger partial charge in [0.2, 0.25) is 26.0 Å². The van der Waals surface area contributed by atoms with Gasteiger partial charge in [-0.05, 0) is 67.8 Å². The Bertz CT molecular complexity index is 1230. The Labute approximate surface area is 213 Å². The molecule has 0 bridgehead atoms. The average molecular weight is 540 g/mol. The van der Waals surface area contributed by atoms with E-state index < -0.39 is 32.0 Å². The number of nitrogens with one attached hydrogen (secondary N) is 1. The van der Waals surface area contributed by atoms with Gasteiger partial charge in [-0.15, -0.1) is 0 Å². The third-order valence-electron chi connectivity index (χ3n) is 5.85. The molecule has 2 aromatic rings. The highest BCUT2D eigenvalue weighted by Gasteiger charge is 2.31. The maximum absolute atomic E-state index is 12.9. The highest BCUT2D eigenvalue weighted by atomic mass is 32.2. The molecule has 1 saturated heterocycles. The van der Waals surface area contributed by atoms with Crippen LogP contribution in [0.25, 0.3) is 0 Å². The van der Waals surface area contributed by atoms with Crippen molar-refractivity contribution in [1.29, 1.82) is 0 Å². The minimum atomic E-state index is -3.74. The summed E-state index contributed by atoms with van der Waals surface area (Å²) >= 11 is 0. The Morgan fingerprint density at radius 2 is 1.58 bits per heavy atom. The number of nitrogens with zero attached hydrogens (tertiary/aromatic N) is 2. The Morgan fingerprint density at radius 1 is 1.00 bits per heavy atom. The molecule has 0 unspecified atom stereocenters. The quantitative estimate of drug-likeness (QED) is 0.411. The van der Waals surface area contributed by atoms with E-state index in [0.29, 0.717) is 30.3 Å². The van der Waals surface area contributed by atoms with Gasteiger partial charge in [0.25, 0.3) is 0 Å². The number of methoxy groups -OCH3 is 1. The minimum absolute atomic E-state index is 0.127. The summed E-state index contributed by atoms with van der Waals surface area (Å²) < 4.78 is 63.6. The van der Waals surface area contributed by atoms with Crippen LogP contribution in [-0.4, -0.2) is 72.7 Å². The Hall–Kier alpha value is -2.83. The van der Waals surface area contributed by atoms with Crippen molar-refractivity contribution in [3.05, 3.63) is 48.5 Å². The summed E-state index contributed by atoms with van der Waals surface area (Å²) in [6.45, 7) is 3.08. The van der Waals surface area contributed by atoms with Gasteiger partial charge in [0.15, 0.2) is 0 Å². The number of carbonyl (C=O) groups is 1. The summed E-state index contributed by atoms with van der Waals surface area (Å²) in [5.74, 6) is 0.589. The number of hydrogen-bond acceptors (Lipinski definition) is 7. The van der Waals surface area contributed by atoms with Gasteiger partial charge in [-0.3, -0.25) is 9.10 Å². The van der Waals surface area contributed by atoms with Gasteiger partial charge in [-0.2, -0.15) is 4.31 Å². The topological polar surface area (TPSA) is 122 Å². The van der Waals surface area contributed by atoms with E-state index in [1.165, 1.54) is 23.5 Å². The van der Waals surface area contributed by atoms with Crippen molar-refractivity contribution >= 4 is 31.6 Å². The smallest absolute Gasteiger partial charge is 0.244 e. The zero-order valence-electron chi connectivity index (χ0n) is 20.7. The maximum atomic E-state index is 12.9. The average Bonchev–Trinajstić information content (AvgIpc) is 3.41. The van der Waals surface area contributed by atoms with E-state index in [1.807, 2.05) is 0 Å². The van der Waals surface area contributed by atoms with Crippen molar-refractivity contribution in [3.8, 4) is 11.5 Å². The number of amides is 1. The highest BCUT2D eigenvalue weighted by molar-refractivity contribution is 7.92. The molecule has 0 radical (unpaired) electrons. The monoisotopic (exact) mass is 539 g/mol. The van der Waals surface area contributed by atoms with E-state index >= 15 is 0 Å². The fraction of sp³-hybridized carbons (Fsp3) is 0.458. The number of sulfonamides is 2. The first-order chi connectivity index (χ1) is 17.1. The molecular weight excluding hydrogens is 506 g/mol. The van der Waals surface area contributed by atoms with E-state index in [9.17, 15) is 21.6 Å². The van der Waals surface area contributed by atoms with Crippen LogP contribution in [0.3, 0.4) is 0 Å². The third-order valence-corrected chi connectivity index (χ3v) is 8.95. The lowest BCUT2D eigenvalue weighted by atomic mass is 10.2. The normalized spacial score (nSPS) is 15.3. The Morgan fingerprint density at radius 3 is 2.11 bits per heavy atom. The molecule has 2 aromatic carbocycles. The molecule has 10 nitrogen and oxygen atoms in total. The van der Waals surface area contributed by atoms with Gasteiger partial charge < -0.3 is 14.8 Å². The molecule has 36 heavy (non-hydrogen) atoms. The third kappa shape index (κ3) is 6.68. The van der Waals surface area contributed by atoms with E-state index in [4.69, 9.17) is 9.47 Å². The molecule has 0 aliphatic carbocycles. The molecule has 12 heteroatoms. The maximum Gasteiger partial charge on any atom is 0.244 e. The SMILES string of the molecule is CC[C@H](C(=O)NCCOc1ccc(S(=O)(=O)N2CCCC2)cc1)N(c1ccc(OC)cc1)S(C)(=O)=O. The summed E-state index contributed by atoms with van der Waals surface area (Å²) in [7, 11) is -5.72. The number of hydrogen-bond donors (Lipinski definition) is 1. The van der Waals surface area contributed by atoms with Crippen molar-refractivity contribution in [2.24, 2.45) is 0 Å². The van der Waals surface area contributed by atoms with Gasteiger partial charge in [-0.25, -0.2) is 16.8 Å². The van der Waals surface area contributed by atoms with E-state index in [0.717, 1.165) is 23.4 Å². The molecule has 1 heterocycles. The first-order valence-electron chi connectivity index (χ1n) is 11.7. The summed E-state index contributed by atoms with van der Waals surface area (Å²) in [5.41, 5.74) is 0.362. The molecular formula is C24H33N3O7S2. The van der Waals surface area contributed by atoms with Crippen LogP contribution in [-0.2, 0) is 24.8 Å². The zero-order valence-corrected chi connectivity index (χ0v) is 22.3. The van der Waals surface area contributed by atoms with E-state index in [1.54, 1.807) is 43.3 Å². The lowest BCUT2D eigenvalue weighted by Gasteiger charge is -2.30. The summed E-state index contributed by atoms with van der Waals surface area (Å²) in [6.07, 6.45) is 3.06. The van der Waals surface area contributed by atoms with Crippen LogP contribution in [0, 0.1) is 0 Å². The number of rotatable bonds is 12. The predicted octanol–water partition coefficient (Wildman–Crippen LogP) is 2.22. The Kier molecular flexibility index (Phi) is 9.20. The molecule has 0 saturated carbocycles. The molecule has 1 atom stereocenters. The fourth-order valence-corrected chi connectivity index (χ4v) is 6.76. The standard InChI is InChI=1S/C24H33N3O7S2/c1-4-23(27(35(3,29)30)19-7-9-20(33-2)10-8-19)24(28)25-15-18-34-21-11-13-22(14-12-21)36(31,32)26-16-5-6-17-26/h7-14,23H,4-6,15-18H2,1-3H3,(H,25,28)/t23-/m1/s1. The number of benzene rings is 2. The van der Waals surface area contributed by atoms with Crippen molar-refractivity contribution in [1.82, 2.24) is 9.62 Å². The molecule has 198 valence electrons. The largest absolute Gasteiger partial charge is 0.497 e. The molecule has 1 amide bonds. The molecule has 1 fully saturated rings. The minimum Gasteiger partial charge on any atom is -0.497 e. The molecule has 1 N–H and O–H groups in total. The van der Waals surface area contributed by atoms with Crippen LogP contribution in [0.5, 0.6) is 11.5 Å². The van der Waals surface area contributed by atoms with Gasteiger partial charge in [0.05, 0.1) is 30.5 Å². The van der Waals surface area contributed by atoms with Gasteiger partial charge >= 0.3 is 0 Å². The number of anilines is 1. The fourth-order valence-electron chi connectivity index (χ4n) is 4.04. The van der Waals surface area contributed by atoms with Crippen LogP contribution < -0.4 is 19.1 Å². The van der Waals surface area contributed by atoms with Crippen LogP contribution in [0.4, 0.5) is 5.69 Å². The summed E-state index contributed by atoms with van der Waals surface area (Å²) in [4.78, 5) is 13.1. The van der Waals surface area contributed by atoms with E-state index in [2.05, 4.69) is 5.32 Å². The lowest BCUT2D eigenvalue weighted by molar-refractivity contribution is -0.122. The molecule has 0 spiro atoms. The van der Waals surface area contributed by atoms with Crippen LogP contribution in [0.2, 0.25) is 0 Å². The van der Waals surface area contributed by atoms with Crippen LogP contribution >= 0.6 is 0 Å².